The standard InChI is InChI=1S/C16H21NO/c1-15(2)9-13-16(3,14(18)10-15)11-7-5-6-8-12(11)17(13)4/h5-8,13H,9-10H2,1-4H3/t13-,16-/m0/s1. The smallest absolute Gasteiger partial charge is 0.145 e. The Kier molecular flexibility index (Phi) is 2.20. The summed E-state index contributed by atoms with van der Waals surface area (Å²) in [5, 5.41) is 0. The number of benzene rings is 1. The van der Waals surface area contributed by atoms with E-state index in [4.69, 9.17) is 0 Å². The zero-order chi connectivity index (χ0) is 13.1. The molecular weight excluding hydrogens is 222 g/mol. The van der Waals surface area contributed by atoms with Crippen LogP contribution in [0.5, 0.6) is 0 Å². The quantitative estimate of drug-likeness (QED) is 0.697. The molecule has 0 radical (unpaired) electrons. The van der Waals surface area contributed by atoms with Gasteiger partial charge in [0.2, 0.25) is 0 Å². The highest BCUT2D eigenvalue weighted by Gasteiger charge is 2.56. The van der Waals surface area contributed by atoms with Gasteiger partial charge in [-0.25, -0.2) is 0 Å². The number of likely N-dealkylation sites (N-methyl/N-ethyl adjacent to an activating group) is 1. The van der Waals surface area contributed by atoms with Crippen LogP contribution in [-0.4, -0.2) is 18.9 Å². The van der Waals surface area contributed by atoms with Gasteiger partial charge in [-0.3, -0.25) is 4.79 Å². The van der Waals surface area contributed by atoms with E-state index < -0.39 is 0 Å². The van der Waals surface area contributed by atoms with Gasteiger partial charge in [-0.15, -0.1) is 0 Å². The van der Waals surface area contributed by atoms with Gasteiger partial charge in [0.05, 0.1) is 5.41 Å². The summed E-state index contributed by atoms with van der Waals surface area (Å²) >= 11 is 0. The number of anilines is 1. The number of para-hydroxylation sites is 1. The number of hydrogen-bond acceptors (Lipinski definition) is 2. The van der Waals surface area contributed by atoms with Crippen LogP contribution in [0.1, 0.15) is 39.2 Å². The number of Topliss-reactive ketones (excluding diaryl/α,β-unsaturated/α-hetero) is 1. The van der Waals surface area contributed by atoms with Gasteiger partial charge < -0.3 is 4.90 Å². The second kappa shape index (κ2) is 3.37. The van der Waals surface area contributed by atoms with E-state index in [9.17, 15) is 4.79 Å². The average Bonchev–Trinajstić information content (AvgIpc) is 2.52. The maximum atomic E-state index is 12.7. The maximum Gasteiger partial charge on any atom is 0.145 e. The first-order valence-electron chi connectivity index (χ1n) is 6.72. The van der Waals surface area contributed by atoms with E-state index in [0.29, 0.717) is 18.2 Å². The van der Waals surface area contributed by atoms with Crippen molar-refractivity contribution in [1.29, 1.82) is 0 Å². The molecule has 1 aromatic carbocycles. The van der Waals surface area contributed by atoms with Gasteiger partial charge in [-0.1, -0.05) is 32.0 Å². The third-order valence-electron chi connectivity index (χ3n) is 4.94. The molecule has 0 bridgehead atoms. The molecule has 0 amide bonds. The van der Waals surface area contributed by atoms with Crippen LogP contribution in [0.3, 0.4) is 0 Å². The molecule has 2 aliphatic rings. The van der Waals surface area contributed by atoms with Crippen molar-refractivity contribution in [2.45, 2.75) is 45.1 Å². The summed E-state index contributed by atoms with van der Waals surface area (Å²) in [5.41, 5.74) is 2.27. The molecular formula is C16H21NO. The number of nitrogens with zero attached hydrogens (tertiary/aromatic N) is 1. The first kappa shape index (κ1) is 11.8. The van der Waals surface area contributed by atoms with Crippen LogP contribution in [-0.2, 0) is 10.2 Å². The lowest BCUT2D eigenvalue weighted by atomic mass is 9.61. The SMILES string of the molecule is CN1c2ccccc2[C@]2(C)C(=O)CC(C)(C)C[C@H]12. The molecule has 2 nitrogen and oxygen atoms in total. The van der Waals surface area contributed by atoms with Gasteiger partial charge in [0.25, 0.3) is 0 Å². The normalized spacial score (nSPS) is 33.2. The minimum absolute atomic E-state index is 0.123. The molecule has 96 valence electrons. The molecule has 0 saturated heterocycles. The first-order chi connectivity index (χ1) is 8.36. The van der Waals surface area contributed by atoms with Gasteiger partial charge >= 0.3 is 0 Å². The van der Waals surface area contributed by atoms with E-state index in [2.05, 4.69) is 50.9 Å². The van der Waals surface area contributed by atoms with Crippen LogP contribution >= 0.6 is 0 Å². The van der Waals surface area contributed by atoms with E-state index in [0.717, 1.165) is 6.42 Å². The largest absolute Gasteiger partial charge is 0.370 e. The van der Waals surface area contributed by atoms with Crippen molar-refractivity contribution in [2.24, 2.45) is 5.41 Å². The Morgan fingerprint density at radius 2 is 1.89 bits per heavy atom. The van der Waals surface area contributed by atoms with Gasteiger partial charge in [0, 0.05) is 25.2 Å². The van der Waals surface area contributed by atoms with Crippen molar-refractivity contribution in [2.75, 3.05) is 11.9 Å². The summed E-state index contributed by atoms with van der Waals surface area (Å²) in [6.45, 7) is 6.56. The van der Waals surface area contributed by atoms with Crippen molar-refractivity contribution in [3.05, 3.63) is 29.8 Å². The summed E-state index contributed by atoms with van der Waals surface area (Å²) in [5.74, 6) is 0.403. The van der Waals surface area contributed by atoms with Gasteiger partial charge in [-0.2, -0.15) is 0 Å². The monoisotopic (exact) mass is 243 g/mol. The lowest BCUT2D eigenvalue weighted by Gasteiger charge is -2.45. The maximum absolute atomic E-state index is 12.7. The molecule has 0 spiro atoms. The molecule has 3 rings (SSSR count). The third-order valence-corrected chi connectivity index (χ3v) is 4.94. The number of carbonyl (C=O) groups excluding carboxylic acids is 1. The molecule has 1 aliphatic carbocycles. The molecule has 0 aromatic heterocycles. The van der Waals surface area contributed by atoms with Gasteiger partial charge in [0.1, 0.15) is 5.78 Å². The second-order valence-corrected chi connectivity index (χ2v) is 6.81. The molecule has 1 fully saturated rings. The van der Waals surface area contributed by atoms with Gasteiger partial charge in [0.15, 0.2) is 0 Å². The fraction of sp³-hybridized carbons (Fsp3) is 0.562. The molecule has 1 aromatic rings. The number of carbonyl (C=O) groups is 1. The highest BCUT2D eigenvalue weighted by molar-refractivity contribution is 5.96. The molecule has 0 unspecified atom stereocenters. The van der Waals surface area contributed by atoms with E-state index in [1.807, 2.05) is 6.07 Å². The number of ketones is 1. The van der Waals surface area contributed by atoms with E-state index in [-0.39, 0.29) is 10.8 Å². The van der Waals surface area contributed by atoms with Crippen molar-refractivity contribution in [3.8, 4) is 0 Å². The minimum Gasteiger partial charge on any atom is -0.370 e. The molecule has 18 heavy (non-hydrogen) atoms. The predicted molar refractivity (Wildman–Crippen MR) is 74.0 cm³/mol. The average molecular weight is 243 g/mol. The third kappa shape index (κ3) is 1.32. The Hall–Kier alpha value is -1.31. The first-order valence-corrected chi connectivity index (χ1v) is 6.72. The summed E-state index contributed by atoms with van der Waals surface area (Å²) in [4.78, 5) is 15.0. The van der Waals surface area contributed by atoms with Crippen molar-refractivity contribution < 1.29 is 4.79 Å². The molecule has 1 heterocycles. The summed E-state index contributed by atoms with van der Waals surface area (Å²) in [6.07, 6.45) is 1.78. The van der Waals surface area contributed by atoms with E-state index in [1.54, 1.807) is 0 Å². The molecule has 2 heteroatoms. The zero-order valence-corrected chi connectivity index (χ0v) is 11.7. The number of rotatable bonds is 0. The Morgan fingerprint density at radius 3 is 2.61 bits per heavy atom. The Bertz CT molecular complexity index is 520. The Labute approximate surface area is 109 Å². The van der Waals surface area contributed by atoms with Crippen molar-refractivity contribution in [3.63, 3.8) is 0 Å². The fourth-order valence-corrected chi connectivity index (χ4v) is 3.85. The summed E-state index contributed by atoms with van der Waals surface area (Å²) < 4.78 is 0. The highest BCUT2D eigenvalue weighted by Crippen LogP contribution is 2.53. The molecule has 2 atom stereocenters. The van der Waals surface area contributed by atoms with Crippen molar-refractivity contribution >= 4 is 11.5 Å². The van der Waals surface area contributed by atoms with E-state index in [1.165, 1.54) is 11.3 Å². The minimum atomic E-state index is -0.305. The van der Waals surface area contributed by atoms with Crippen LogP contribution in [0, 0.1) is 5.41 Å². The lowest BCUT2D eigenvalue weighted by Crippen LogP contribution is -2.53. The van der Waals surface area contributed by atoms with E-state index >= 15 is 0 Å². The topological polar surface area (TPSA) is 20.3 Å². The van der Waals surface area contributed by atoms with Crippen LogP contribution in [0.25, 0.3) is 0 Å². The summed E-state index contributed by atoms with van der Waals surface area (Å²) in [6, 6.07) is 8.69. The predicted octanol–water partition coefficient (Wildman–Crippen LogP) is 3.15. The Balaban J connectivity index is 2.17. The second-order valence-electron chi connectivity index (χ2n) is 6.81. The highest BCUT2D eigenvalue weighted by atomic mass is 16.1. The van der Waals surface area contributed by atoms with Gasteiger partial charge in [-0.05, 0) is 30.4 Å². The molecule has 0 N–H and O–H groups in total. The number of fused-ring (bicyclic) bond motifs is 3. The lowest BCUT2D eigenvalue weighted by molar-refractivity contribution is -0.129. The van der Waals surface area contributed by atoms with Crippen LogP contribution in [0.4, 0.5) is 5.69 Å². The van der Waals surface area contributed by atoms with Crippen LogP contribution in [0.2, 0.25) is 0 Å². The summed E-state index contributed by atoms with van der Waals surface area (Å²) in [7, 11) is 2.13. The van der Waals surface area contributed by atoms with Crippen LogP contribution in [0.15, 0.2) is 24.3 Å². The van der Waals surface area contributed by atoms with Crippen molar-refractivity contribution in [1.82, 2.24) is 0 Å². The van der Waals surface area contributed by atoms with Crippen LogP contribution < -0.4 is 4.90 Å². The zero-order valence-electron chi connectivity index (χ0n) is 11.7. The Morgan fingerprint density at radius 1 is 1.22 bits per heavy atom. The number of hydrogen-bond donors (Lipinski definition) is 0. The molecule has 1 saturated carbocycles. The molecule has 1 aliphatic heterocycles. The fourth-order valence-electron chi connectivity index (χ4n) is 3.85.